The second-order valence-corrected chi connectivity index (χ2v) is 4.67. The monoisotopic (exact) mass is 320 g/mol. The molecule has 8 nitrogen and oxygen atoms in total. The average Bonchev–Trinajstić information content (AvgIpc) is 2.74. The van der Waals surface area contributed by atoms with Gasteiger partial charge in [0.05, 0.1) is 6.61 Å². The molecule has 0 saturated carbocycles. The van der Waals surface area contributed by atoms with Crippen molar-refractivity contribution in [3.63, 3.8) is 0 Å². The van der Waals surface area contributed by atoms with E-state index in [-0.39, 0.29) is 11.4 Å². The second kappa shape index (κ2) is 6.82. The van der Waals surface area contributed by atoms with E-state index in [9.17, 15) is 14.4 Å². The Morgan fingerprint density at radius 1 is 1.30 bits per heavy atom. The van der Waals surface area contributed by atoms with Crippen molar-refractivity contribution in [1.82, 2.24) is 10.2 Å². The summed E-state index contributed by atoms with van der Waals surface area (Å²) >= 11 is 0. The molecule has 0 unspecified atom stereocenters. The van der Waals surface area contributed by atoms with Gasteiger partial charge in [0.1, 0.15) is 5.70 Å². The first-order chi connectivity index (χ1) is 10.9. The summed E-state index contributed by atoms with van der Waals surface area (Å²) in [7, 11) is 1.38. The van der Waals surface area contributed by atoms with E-state index in [2.05, 4.69) is 5.32 Å². The van der Waals surface area contributed by atoms with Crippen LogP contribution in [0.4, 0.5) is 4.79 Å². The number of benzene rings is 1. The number of nitrogens with one attached hydrogen (secondary N) is 1. The number of urea groups is 1. The van der Waals surface area contributed by atoms with Crippen molar-refractivity contribution >= 4 is 24.0 Å². The van der Waals surface area contributed by atoms with E-state index in [4.69, 9.17) is 14.6 Å². The van der Waals surface area contributed by atoms with Crippen LogP contribution < -0.4 is 14.8 Å². The van der Waals surface area contributed by atoms with E-state index in [0.29, 0.717) is 17.9 Å². The Balaban J connectivity index is 2.27. The first-order valence-electron chi connectivity index (χ1n) is 6.84. The summed E-state index contributed by atoms with van der Waals surface area (Å²) in [6.07, 6.45) is 1.51. The maximum absolute atomic E-state index is 11.8. The number of imide groups is 1. The normalized spacial score (nSPS) is 15.7. The third kappa shape index (κ3) is 3.79. The van der Waals surface area contributed by atoms with Crippen LogP contribution in [-0.4, -0.2) is 48.2 Å². The lowest BCUT2D eigenvalue weighted by Crippen LogP contribution is -2.25. The molecular weight excluding hydrogens is 304 g/mol. The van der Waals surface area contributed by atoms with Gasteiger partial charge in [-0.2, -0.15) is 0 Å². The molecule has 1 aromatic rings. The van der Waals surface area contributed by atoms with E-state index in [1.54, 1.807) is 25.1 Å². The number of nitrogens with zero attached hydrogens (tertiary/aromatic N) is 1. The van der Waals surface area contributed by atoms with Crippen LogP contribution in [0, 0.1) is 0 Å². The van der Waals surface area contributed by atoms with Crippen molar-refractivity contribution < 1.29 is 29.0 Å². The lowest BCUT2D eigenvalue weighted by molar-refractivity contribution is -0.139. The molecule has 23 heavy (non-hydrogen) atoms. The van der Waals surface area contributed by atoms with Gasteiger partial charge < -0.3 is 19.9 Å². The van der Waals surface area contributed by atoms with Crippen molar-refractivity contribution in [2.24, 2.45) is 0 Å². The quantitative estimate of drug-likeness (QED) is 0.600. The minimum atomic E-state index is -1.10. The minimum Gasteiger partial charge on any atom is -0.490 e. The summed E-state index contributed by atoms with van der Waals surface area (Å²) < 4.78 is 10.6. The number of carbonyl (C=O) groups is 3. The molecule has 0 radical (unpaired) electrons. The summed E-state index contributed by atoms with van der Waals surface area (Å²) in [4.78, 5) is 34.8. The molecule has 122 valence electrons. The molecule has 1 aliphatic rings. The Bertz CT molecular complexity index is 683. The summed E-state index contributed by atoms with van der Waals surface area (Å²) in [5.41, 5.74) is 0.759. The van der Waals surface area contributed by atoms with Gasteiger partial charge in [-0.25, -0.2) is 9.59 Å². The Hall–Kier alpha value is -3.03. The van der Waals surface area contributed by atoms with E-state index < -0.39 is 24.5 Å². The maximum Gasteiger partial charge on any atom is 0.341 e. The molecule has 0 aliphatic carbocycles. The van der Waals surface area contributed by atoms with Gasteiger partial charge in [-0.3, -0.25) is 9.69 Å². The van der Waals surface area contributed by atoms with Crippen LogP contribution in [-0.2, 0) is 9.59 Å². The van der Waals surface area contributed by atoms with Gasteiger partial charge in [-0.05, 0) is 30.7 Å². The van der Waals surface area contributed by atoms with Crippen molar-refractivity contribution in [2.75, 3.05) is 20.3 Å². The van der Waals surface area contributed by atoms with Crippen LogP contribution in [0.5, 0.6) is 11.5 Å². The van der Waals surface area contributed by atoms with E-state index in [1.165, 1.54) is 13.1 Å². The highest BCUT2D eigenvalue weighted by Gasteiger charge is 2.29. The molecule has 0 spiro atoms. The number of likely N-dealkylation sites (N-methyl/N-ethyl adjacent to an activating group) is 1. The fraction of sp³-hybridized carbons (Fsp3) is 0.267. The number of rotatable bonds is 6. The summed E-state index contributed by atoms with van der Waals surface area (Å²) in [5.74, 6) is -0.886. The van der Waals surface area contributed by atoms with Crippen molar-refractivity contribution in [2.45, 2.75) is 6.92 Å². The van der Waals surface area contributed by atoms with Crippen molar-refractivity contribution in [3.8, 4) is 11.5 Å². The molecule has 2 rings (SSSR count). The third-order valence-electron chi connectivity index (χ3n) is 3.01. The predicted molar refractivity (Wildman–Crippen MR) is 80.0 cm³/mol. The van der Waals surface area contributed by atoms with Crippen molar-refractivity contribution in [1.29, 1.82) is 0 Å². The molecule has 1 aromatic carbocycles. The van der Waals surface area contributed by atoms with Gasteiger partial charge in [-0.15, -0.1) is 0 Å². The molecule has 1 fully saturated rings. The molecule has 0 aromatic heterocycles. The number of aliphatic carboxylic acids is 1. The zero-order valence-corrected chi connectivity index (χ0v) is 12.7. The van der Waals surface area contributed by atoms with E-state index >= 15 is 0 Å². The number of carboxylic acids is 1. The average molecular weight is 320 g/mol. The largest absolute Gasteiger partial charge is 0.490 e. The van der Waals surface area contributed by atoms with Crippen LogP contribution in [0.1, 0.15) is 12.5 Å². The SMILES string of the molecule is CCOc1cc(/C=C2/NC(=O)N(C)C2=O)ccc1OCC(=O)O. The predicted octanol–water partition coefficient (Wildman–Crippen LogP) is 1.07. The highest BCUT2D eigenvalue weighted by Crippen LogP contribution is 2.29. The fourth-order valence-electron chi connectivity index (χ4n) is 1.93. The Morgan fingerprint density at radius 2 is 2.04 bits per heavy atom. The number of amides is 3. The molecule has 1 aliphatic heterocycles. The zero-order valence-electron chi connectivity index (χ0n) is 12.7. The van der Waals surface area contributed by atoms with Gasteiger partial charge in [0.15, 0.2) is 18.1 Å². The van der Waals surface area contributed by atoms with Gasteiger partial charge >= 0.3 is 12.0 Å². The van der Waals surface area contributed by atoms with Crippen LogP contribution in [0.25, 0.3) is 6.08 Å². The summed E-state index contributed by atoms with van der Waals surface area (Å²) in [6, 6.07) is 4.29. The minimum absolute atomic E-state index is 0.152. The highest BCUT2D eigenvalue weighted by atomic mass is 16.5. The molecule has 0 atom stereocenters. The molecule has 2 N–H and O–H groups in total. The van der Waals surface area contributed by atoms with E-state index in [1.807, 2.05) is 0 Å². The Labute approximate surface area is 132 Å². The molecule has 1 saturated heterocycles. The molecule has 1 heterocycles. The summed E-state index contributed by atoms with van der Waals surface area (Å²) in [5, 5.41) is 11.1. The number of carbonyl (C=O) groups excluding carboxylic acids is 2. The number of carboxylic acid groups (broad SMARTS) is 1. The fourth-order valence-corrected chi connectivity index (χ4v) is 1.93. The van der Waals surface area contributed by atoms with Gasteiger partial charge in [0.25, 0.3) is 5.91 Å². The third-order valence-corrected chi connectivity index (χ3v) is 3.01. The van der Waals surface area contributed by atoms with Crippen LogP contribution in [0.2, 0.25) is 0 Å². The lowest BCUT2D eigenvalue weighted by Gasteiger charge is -2.11. The highest BCUT2D eigenvalue weighted by molar-refractivity contribution is 6.13. The van der Waals surface area contributed by atoms with Gasteiger partial charge in [-0.1, -0.05) is 6.07 Å². The van der Waals surface area contributed by atoms with Gasteiger partial charge in [0, 0.05) is 7.05 Å². The molecular formula is C15H16N2O6. The van der Waals surface area contributed by atoms with Crippen LogP contribution in [0.3, 0.4) is 0 Å². The molecule has 0 bridgehead atoms. The first kappa shape index (κ1) is 16.3. The van der Waals surface area contributed by atoms with E-state index in [0.717, 1.165) is 4.90 Å². The molecule has 3 amide bonds. The molecule has 8 heteroatoms. The zero-order chi connectivity index (χ0) is 17.0. The number of hydrogen-bond acceptors (Lipinski definition) is 5. The maximum atomic E-state index is 11.8. The second-order valence-electron chi connectivity index (χ2n) is 4.67. The van der Waals surface area contributed by atoms with Gasteiger partial charge in [0.2, 0.25) is 0 Å². The number of hydrogen-bond donors (Lipinski definition) is 2. The first-order valence-corrected chi connectivity index (χ1v) is 6.84. The standard InChI is InChI=1S/C15H16N2O6/c1-3-22-12-7-9(4-5-11(12)23-8-13(18)19)6-10-14(20)17(2)15(21)16-10/h4-7H,3,8H2,1-2H3,(H,16,21)(H,18,19)/b10-6+. The van der Waals surface area contributed by atoms with Crippen LogP contribution in [0.15, 0.2) is 23.9 Å². The van der Waals surface area contributed by atoms with Crippen LogP contribution >= 0.6 is 0 Å². The topological polar surface area (TPSA) is 105 Å². The summed E-state index contributed by atoms with van der Waals surface area (Å²) in [6.45, 7) is 1.66. The Kier molecular flexibility index (Phi) is 4.85. The lowest BCUT2D eigenvalue weighted by atomic mass is 10.1. The number of ether oxygens (including phenoxy) is 2. The Morgan fingerprint density at radius 3 is 2.61 bits per heavy atom. The van der Waals surface area contributed by atoms with Crippen molar-refractivity contribution in [3.05, 3.63) is 29.5 Å². The smallest absolute Gasteiger partial charge is 0.341 e.